The number of nitro groups is 1. The fourth-order valence-electron chi connectivity index (χ4n) is 3.92. The molecule has 1 aliphatic rings. The van der Waals surface area contributed by atoms with Crippen molar-refractivity contribution in [1.29, 1.82) is 0 Å². The maximum absolute atomic E-state index is 13.2. The third kappa shape index (κ3) is 3.83. The molecule has 0 aromatic heterocycles. The zero-order valence-electron chi connectivity index (χ0n) is 18.3. The number of para-hydroxylation sites is 1. The van der Waals surface area contributed by atoms with E-state index in [1.807, 2.05) is 0 Å². The highest BCUT2D eigenvalue weighted by atomic mass is 16.6. The first-order chi connectivity index (χ1) is 16.4. The molecule has 1 fully saturated rings. The molecule has 3 aromatic carbocycles. The Hall–Kier alpha value is -4.66. The molecule has 9 nitrogen and oxygen atoms in total. The van der Waals surface area contributed by atoms with Gasteiger partial charge in [-0.1, -0.05) is 24.3 Å². The first kappa shape index (κ1) is 22.5. The van der Waals surface area contributed by atoms with Crippen LogP contribution in [0.1, 0.15) is 17.2 Å². The molecule has 1 amide bonds. The Morgan fingerprint density at radius 3 is 2.18 bits per heavy atom. The average molecular weight is 460 g/mol. The molecule has 0 radical (unpaired) electrons. The number of nitrogens with zero attached hydrogens (tertiary/aromatic N) is 2. The topological polar surface area (TPSA) is 119 Å². The minimum absolute atomic E-state index is 0.144. The second-order valence-electron chi connectivity index (χ2n) is 7.42. The third-order valence-corrected chi connectivity index (χ3v) is 5.55. The lowest BCUT2D eigenvalue weighted by atomic mass is 9.94. The third-order valence-electron chi connectivity index (χ3n) is 5.55. The number of ketones is 1. The normalized spacial score (nSPS) is 17.0. The molecule has 1 atom stereocenters. The van der Waals surface area contributed by atoms with Crippen LogP contribution < -0.4 is 14.4 Å². The number of hydrogen-bond acceptors (Lipinski definition) is 7. The van der Waals surface area contributed by atoms with Crippen molar-refractivity contribution < 1.29 is 29.1 Å². The Morgan fingerprint density at radius 2 is 1.59 bits per heavy atom. The van der Waals surface area contributed by atoms with Gasteiger partial charge in [0.25, 0.3) is 17.4 Å². The van der Waals surface area contributed by atoms with E-state index >= 15 is 0 Å². The molecule has 34 heavy (non-hydrogen) atoms. The van der Waals surface area contributed by atoms with Gasteiger partial charge in [0.1, 0.15) is 5.76 Å². The summed E-state index contributed by atoms with van der Waals surface area (Å²) in [6, 6.07) is 17.7. The molecule has 0 unspecified atom stereocenters. The number of carbonyl (C=O) groups is 2. The summed E-state index contributed by atoms with van der Waals surface area (Å²) in [6.07, 6.45) is 0. The monoisotopic (exact) mass is 460 g/mol. The molecule has 0 bridgehead atoms. The van der Waals surface area contributed by atoms with Crippen LogP contribution in [0.4, 0.5) is 11.4 Å². The number of ether oxygens (including phenoxy) is 2. The van der Waals surface area contributed by atoms with Gasteiger partial charge in [0, 0.05) is 23.4 Å². The quantitative estimate of drug-likeness (QED) is 0.192. The summed E-state index contributed by atoms with van der Waals surface area (Å²) in [5.41, 5.74) is 0.825. The number of non-ortho nitro benzene ring substituents is 1. The lowest BCUT2D eigenvalue weighted by Crippen LogP contribution is -2.29. The number of amides is 1. The fraction of sp³-hybridized carbons (Fsp3) is 0.120. The van der Waals surface area contributed by atoms with Crippen LogP contribution in [0.2, 0.25) is 0 Å². The van der Waals surface area contributed by atoms with Gasteiger partial charge >= 0.3 is 0 Å². The minimum atomic E-state index is -0.975. The van der Waals surface area contributed by atoms with Gasteiger partial charge in [-0.15, -0.1) is 0 Å². The summed E-state index contributed by atoms with van der Waals surface area (Å²) in [5, 5.41) is 22.1. The van der Waals surface area contributed by atoms with Gasteiger partial charge < -0.3 is 14.6 Å². The van der Waals surface area contributed by atoms with Crippen LogP contribution in [0.3, 0.4) is 0 Å². The lowest BCUT2D eigenvalue weighted by Gasteiger charge is -2.26. The zero-order valence-corrected chi connectivity index (χ0v) is 18.3. The first-order valence-corrected chi connectivity index (χ1v) is 10.2. The minimum Gasteiger partial charge on any atom is -0.507 e. The number of aliphatic hydroxyl groups excluding tert-OH is 1. The first-order valence-electron chi connectivity index (χ1n) is 10.2. The average Bonchev–Trinajstić information content (AvgIpc) is 3.13. The summed E-state index contributed by atoms with van der Waals surface area (Å²) < 4.78 is 10.7. The van der Waals surface area contributed by atoms with Crippen molar-refractivity contribution in [3.8, 4) is 11.5 Å². The van der Waals surface area contributed by atoms with Crippen molar-refractivity contribution >= 4 is 28.8 Å². The van der Waals surface area contributed by atoms with Crippen LogP contribution in [-0.4, -0.2) is 35.9 Å². The number of anilines is 1. The van der Waals surface area contributed by atoms with Crippen molar-refractivity contribution in [2.24, 2.45) is 0 Å². The fourth-order valence-corrected chi connectivity index (χ4v) is 3.92. The number of aliphatic hydroxyl groups is 1. The molecule has 4 rings (SSSR count). The summed E-state index contributed by atoms with van der Waals surface area (Å²) in [5.74, 6) is -1.28. The molecular formula is C25H20N2O7. The molecule has 1 N–H and O–H groups in total. The van der Waals surface area contributed by atoms with Crippen molar-refractivity contribution in [3.63, 3.8) is 0 Å². The predicted molar refractivity (Wildman–Crippen MR) is 124 cm³/mol. The van der Waals surface area contributed by atoms with Crippen LogP contribution in [-0.2, 0) is 9.59 Å². The van der Waals surface area contributed by atoms with Gasteiger partial charge in [-0.2, -0.15) is 0 Å². The standard InChI is InChI=1S/C25H20N2O7/c1-33-19-13-10-16(14-20(19)34-2)22-21(23(28)15-8-11-18(12-9-15)27(31)32)24(29)25(30)26(22)17-6-4-3-5-7-17/h3-14,22,28H,1-2H3/b23-21+/t22-/m1/s1. The number of hydrogen-bond donors (Lipinski definition) is 1. The summed E-state index contributed by atoms with van der Waals surface area (Å²) >= 11 is 0. The molecule has 172 valence electrons. The largest absolute Gasteiger partial charge is 0.507 e. The van der Waals surface area contributed by atoms with Crippen molar-refractivity contribution in [2.45, 2.75) is 6.04 Å². The van der Waals surface area contributed by atoms with E-state index in [9.17, 15) is 24.8 Å². The zero-order chi connectivity index (χ0) is 24.4. The van der Waals surface area contributed by atoms with E-state index in [1.54, 1.807) is 48.5 Å². The van der Waals surface area contributed by atoms with E-state index in [2.05, 4.69) is 0 Å². The van der Waals surface area contributed by atoms with Crippen LogP contribution in [0.15, 0.2) is 78.4 Å². The van der Waals surface area contributed by atoms with Gasteiger partial charge in [0.05, 0.1) is 30.8 Å². The Kier molecular flexibility index (Phi) is 6.01. The molecule has 9 heteroatoms. The predicted octanol–water partition coefficient (Wildman–Crippen LogP) is 4.24. The van der Waals surface area contributed by atoms with Crippen LogP contribution in [0, 0.1) is 10.1 Å². The Bertz CT molecular complexity index is 1300. The second-order valence-corrected chi connectivity index (χ2v) is 7.42. The smallest absolute Gasteiger partial charge is 0.300 e. The van der Waals surface area contributed by atoms with Gasteiger partial charge in [-0.25, -0.2) is 0 Å². The SMILES string of the molecule is COc1ccc([C@@H]2/C(=C(\O)c3ccc([N+](=O)[O-])cc3)C(=O)C(=O)N2c2ccccc2)cc1OC. The molecule has 3 aromatic rings. The molecule has 1 saturated heterocycles. The number of carbonyl (C=O) groups excluding carboxylic acids is 2. The Labute approximate surface area is 194 Å². The Morgan fingerprint density at radius 1 is 0.941 bits per heavy atom. The van der Waals surface area contributed by atoms with Gasteiger partial charge in [-0.3, -0.25) is 24.6 Å². The van der Waals surface area contributed by atoms with Crippen LogP contribution in [0.5, 0.6) is 11.5 Å². The maximum Gasteiger partial charge on any atom is 0.300 e. The van der Waals surface area contributed by atoms with E-state index in [0.29, 0.717) is 22.7 Å². The lowest BCUT2D eigenvalue weighted by molar-refractivity contribution is -0.384. The number of methoxy groups -OCH3 is 2. The number of rotatable bonds is 6. The van der Waals surface area contributed by atoms with Crippen LogP contribution >= 0.6 is 0 Å². The van der Waals surface area contributed by atoms with E-state index in [0.717, 1.165) is 0 Å². The van der Waals surface area contributed by atoms with Gasteiger partial charge in [0.15, 0.2) is 11.5 Å². The Balaban J connectivity index is 1.93. The molecule has 1 heterocycles. The second kappa shape index (κ2) is 9.07. The number of Topliss-reactive ketones (excluding diaryl/α,β-unsaturated/α-hetero) is 1. The van der Waals surface area contributed by atoms with E-state index in [4.69, 9.17) is 9.47 Å². The summed E-state index contributed by atoms with van der Waals surface area (Å²) in [7, 11) is 2.95. The van der Waals surface area contributed by atoms with Gasteiger partial charge in [0.2, 0.25) is 0 Å². The molecule has 1 aliphatic heterocycles. The highest BCUT2D eigenvalue weighted by molar-refractivity contribution is 6.51. The van der Waals surface area contributed by atoms with Crippen molar-refractivity contribution in [2.75, 3.05) is 19.1 Å². The van der Waals surface area contributed by atoms with Crippen molar-refractivity contribution in [3.05, 3.63) is 99.6 Å². The molecular weight excluding hydrogens is 440 g/mol. The molecule has 0 aliphatic carbocycles. The van der Waals surface area contributed by atoms with E-state index < -0.39 is 28.4 Å². The maximum atomic E-state index is 13.2. The van der Waals surface area contributed by atoms with E-state index in [1.165, 1.54) is 43.4 Å². The van der Waals surface area contributed by atoms with Gasteiger partial charge in [-0.05, 0) is 42.0 Å². The van der Waals surface area contributed by atoms with Crippen LogP contribution in [0.25, 0.3) is 5.76 Å². The molecule has 0 spiro atoms. The van der Waals surface area contributed by atoms with Crippen molar-refractivity contribution in [1.82, 2.24) is 0 Å². The highest BCUT2D eigenvalue weighted by Gasteiger charge is 2.47. The number of benzene rings is 3. The van der Waals surface area contributed by atoms with E-state index in [-0.39, 0.29) is 16.8 Å². The summed E-state index contributed by atoms with van der Waals surface area (Å²) in [6.45, 7) is 0. The number of nitro benzene ring substituents is 1. The molecule has 0 saturated carbocycles. The summed E-state index contributed by atoms with van der Waals surface area (Å²) in [4.78, 5) is 38.0. The highest BCUT2D eigenvalue weighted by Crippen LogP contribution is 2.44.